The van der Waals surface area contributed by atoms with Crippen molar-refractivity contribution >= 4 is 34.0 Å². The van der Waals surface area contributed by atoms with E-state index in [0.29, 0.717) is 41.8 Å². The molecule has 0 aliphatic heterocycles. The number of nitrogens with zero attached hydrogens (tertiary/aromatic N) is 2. The number of hydrogen-bond acceptors (Lipinski definition) is 4. The highest BCUT2D eigenvalue weighted by atomic mass is 19.4. The van der Waals surface area contributed by atoms with Gasteiger partial charge in [0.2, 0.25) is 5.91 Å². The van der Waals surface area contributed by atoms with Crippen molar-refractivity contribution in [2.24, 2.45) is 11.8 Å². The van der Waals surface area contributed by atoms with E-state index >= 15 is 0 Å². The van der Waals surface area contributed by atoms with Crippen molar-refractivity contribution < 1.29 is 22.4 Å². The summed E-state index contributed by atoms with van der Waals surface area (Å²) < 4.78 is 54.5. The number of fused-ring (bicyclic) bond motifs is 1. The molecule has 2 aromatic rings. The van der Waals surface area contributed by atoms with Gasteiger partial charge in [-0.3, -0.25) is 4.79 Å². The topological polar surface area (TPSA) is 57.3 Å². The van der Waals surface area contributed by atoms with Crippen LogP contribution in [0.4, 0.5) is 23.2 Å². The van der Waals surface area contributed by atoms with Gasteiger partial charge in [-0.2, -0.15) is 13.2 Å². The van der Waals surface area contributed by atoms with E-state index in [1.165, 1.54) is 0 Å². The monoisotopic (exact) mass is 516 g/mol. The van der Waals surface area contributed by atoms with E-state index in [2.05, 4.69) is 22.2 Å². The lowest BCUT2D eigenvalue weighted by Crippen LogP contribution is -2.44. The average molecular weight is 517 g/mol. The van der Waals surface area contributed by atoms with E-state index in [1.54, 1.807) is 30.3 Å². The smallest absolute Gasteiger partial charge is 0.356 e. The number of alkyl halides is 3. The molecule has 4 rings (SSSR count). The number of allylic oxidation sites excluding steroid dienone is 2. The lowest BCUT2D eigenvalue weighted by atomic mass is 9.80. The summed E-state index contributed by atoms with van der Waals surface area (Å²) in [6.07, 6.45) is 3.35. The van der Waals surface area contributed by atoms with Crippen LogP contribution in [0.15, 0.2) is 48.9 Å². The van der Waals surface area contributed by atoms with Crippen LogP contribution in [0.5, 0.6) is 0 Å². The van der Waals surface area contributed by atoms with E-state index in [0.717, 1.165) is 25.7 Å². The Kier molecular flexibility index (Phi) is 8.02. The van der Waals surface area contributed by atoms with Gasteiger partial charge in [0.15, 0.2) is 0 Å². The molecule has 5 nitrogen and oxygen atoms in total. The number of carbonyl (C=O) groups excluding carboxylic acids is 1. The number of amides is 1. The number of pyridine rings is 1. The maximum Gasteiger partial charge on any atom is 0.417 e. The SMILES string of the molecule is C=C(c1nc(/C=C/C2CC(NC(=O)C3CC3)C2)cc2c(N/C(=C\F)CCN(C)C)cccc12)C(F)(F)F. The van der Waals surface area contributed by atoms with Crippen molar-refractivity contribution in [3.05, 3.63) is 60.3 Å². The zero-order valence-corrected chi connectivity index (χ0v) is 21.0. The van der Waals surface area contributed by atoms with Crippen LogP contribution in [0, 0.1) is 11.8 Å². The zero-order chi connectivity index (χ0) is 26.7. The maximum absolute atomic E-state index is 13.7. The molecule has 2 aliphatic rings. The summed E-state index contributed by atoms with van der Waals surface area (Å²) >= 11 is 0. The van der Waals surface area contributed by atoms with Crippen LogP contribution in [0.1, 0.15) is 43.5 Å². The van der Waals surface area contributed by atoms with E-state index in [1.807, 2.05) is 25.1 Å². The quantitative estimate of drug-likeness (QED) is 0.364. The normalized spacial score (nSPS) is 20.4. The fourth-order valence-electron chi connectivity index (χ4n) is 4.35. The van der Waals surface area contributed by atoms with E-state index < -0.39 is 11.7 Å². The molecule has 0 atom stereocenters. The van der Waals surface area contributed by atoms with Gasteiger partial charge in [0.05, 0.1) is 17.0 Å². The molecule has 0 unspecified atom stereocenters. The highest BCUT2D eigenvalue weighted by molar-refractivity contribution is 6.01. The van der Waals surface area contributed by atoms with Crippen LogP contribution in [0.2, 0.25) is 0 Å². The Morgan fingerprint density at radius 2 is 1.95 bits per heavy atom. The Morgan fingerprint density at radius 1 is 1.22 bits per heavy atom. The number of nitrogens with one attached hydrogen (secondary N) is 2. The molecule has 0 spiro atoms. The number of halogens is 4. The molecule has 2 N–H and O–H groups in total. The van der Waals surface area contributed by atoms with Gasteiger partial charge < -0.3 is 15.5 Å². The number of hydrogen-bond donors (Lipinski definition) is 2. The van der Waals surface area contributed by atoms with Gasteiger partial charge >= 0.3 is 6.18 Å². The van der Waals surface area contributed by atoms with Crippen molar-refractivity contribution in [1.29, 1.82) is 0 Å². The van der Waals surface area contributed by atoms with Crippen LogP contribution < -0.4 is 10.6 Å². The second-order valence-corrected chi connectivity index (χ2v) is 10.2. The molecule has 1 aromatic carbocycles. The molecular weight excluding hydrogens is 484 g/mol. The van der Waals surface area contributed by atoms with Crippen molar-refractivity contribution in [1.82, 2.24) is 15.2 Å². The van der Waals surface area contributed by atoms with Gasteiger partial charge in [-0.25, -0.2) is 9.37 Å². The van der Waals surface area contributed by atoms with Crippen LogP contribution in [-0.2, 0) is 4.79 Å². The molecule has 1 amide bonds. The fraction of sp³-hybridized carbons (Fsp3) is 0.429. The van der Waals surface area contributed by atoms with Gasteiger partial charge in [-0.1, -0.05) is 24.8 Å². The molecule has 0 bridgehead atoms. The molecule has 37 heavy (non-hydrogen) atoms. The Hall–Kier alpha value is -3.20. The van der Waals surface area contributed by atoms with Gasteiger partial charge in [0, 0.05) is 47.1 Å². The van der Waals surface area contributed by atoms with Crippen LogP contribution in [0.25, 0.3) is 22.4 Å². The van der Waals surface area contributed by atoms with Crippen LogP contribution >= 0.6 is 0 Å². The Labute approximate surface area is 214 Å². The second-order valence-electron chi connectivity index (χ2n) is 10.2. The third-order valence-corrected chi connectivity index (χ3v) is 6.79. The third kappa shape index (κ3) is 6.77. The van der Waals surface area contributed by atoms with E-state index in [-0.39, 0.29) is 34.9 Å². The Bertz CT molecular complexity index is 1220. The zero-order valence-electron chi connectivity index (χ0n) is 21.0. The second kappa shape index (κ2) is 11.0. The first kappa shape index (κ1) is 26.9. The summed E-state index contributed by atoms with van der Waals surface area (Å²) in [5, 5.41) is 6.86. The van der Waals surface area contributed by atoms with Crippen molar-refractivity contribution in [2.45, 2.75) is 44.3 Å². The summed E-state index contributed by atoms with van der Waals surface area (Å²) in [7, 11) is 3.75. The van der Waals surface area contributed by atoms with Gasteiger partial charge in [-0.15, -0.1) is 0 Å². The number of benzene rings is 1. The molecule has 2 fully saturated rings. The largest absolute Gasteiger partial charge is 0.417 e. The van der Waals surface area contributed by atoms with Crippen LogP contribution in [-0.4, -0.2) is 48.6 Å². The maximum atomic E-state index is 13.7. The standard InChI is InChI=1S/C28H32F4N4O/c1-17(28(30,31)32)26-23-5-4-6-25(33-21(16-29)11-12-36(2)3)24(23)15-20(34-26)10-7-18-13-22(14-18)35-27(37)19-8-9-19/h4-7,10,15-16,18-19,22,33H,1,8-9,11-14H2,2-3H3,(H,35,37)/b10-7+,21-16-. The van der Waals surface area contributed by atoms with Crippen molar-refractivity contribution in [3.8, 4) is 0 Å². The highest BCUT2D eigenvalue weighted by Gasteiger charge is 2.36. The first-order chi connectivity index (χ1) is 17.5. The Morgan fingerprint density at radius 3 is 2.57 bits per heavy atom. The van der Waals surface area contributed by atoms with Gasteiger partial charge in [0.25, 0.3) is 0 Å². The molecule has 0 radical (unpaired) electrons. The van der Waals surface area contributed by atoms with Crippen molar-refractivity contribution in [3.63, 3.8) is 0 Å². The van der Waals surface area contributed by atoms with Crippen LogP contribution in [0.3, 0.4) is 0 Å². The summed E-state index contributed by atoms with van der Waals surface area (Å²) in [6.45, 7) is 3.87. The molecule has 1 aromatic heterocycles. The third-order valence-electron chi connectivity index (χ3n) is 6.79. The molecule has 198 valence electrons. The lowest BCUT2D eigenvalue weighted by molar-refractivity contribution is -0.123. The van der Waals surface area contributed by atoms with Crippen molar-refractivity contribution in [2.75, 3.05) is 26.0 Å². The molecule has 2 aliphatic carbocycles. The average Bonchev–Trinajstić information content (AvgIpc) is 3.67. The number of rotatable bonds is 10. The minimum Gasteiger partial charge on any atom is -0.356 e. The molecule has 0 saturated heterocycles. The van der Waals surface area contributed by atoms with E-state index in [4.69, 9.17) is 0 Å². The minimum absolute atomic E-state index is 0.117. The predicted molar refractivity (Wildman–Crippen MR) is 139 cm³/mol. The fourth-order valence-corrected chi connectivity index (χ4v) is 4.35. The predicted octanol–water partition coefficient (Wildman–Crippen LogP) is 6.30. The summed E-state index contributed by atoms with van der Waals surface area (Å²) in [4.78, 5) is 18.1. The van der Waals surface area contributed by atoms with Gasteiger partial charge in [-0.05, 0) is 63.9 Å². The first-order valence-electron chi connectivity index (χ1n) is 12.4. The highest BCUT2D eigenvalue weighted by Crippen LogP contribution is 2.38. The first-order valence-corrected chi connectivity index (χ1v) is 12.4. The molecule has 9 heteroatoms. The Balaban J connectivity index is 1.60. The summed E-state index contributed by atoms with van der Waals surface area (Å²) in [5.41, 5.74) is -0.132. The summed E-state index contributed by atoms with van der Waals surface area (Å²) in [6, 6.07) is 6.71. The molecular formula is C28H32F4N4O. The number of anilines is 1. The summed E-state index contributed by atoms with van der Waals surface area (Å²) in [5.74, 6) is 0.484. The number of aromatic nitrogens is 1. The minimum atomic E-state index is -4.65. The molecule has 2 saturated carbocycles. The van der Waals surface area contributed by atoms with Gasteiger partial charge in [0.1, 0.15) is 6.33 Å². The van der Waals surface area contributed by atoms with E-state index in [9.17, 15) is 22.4 Å². The molecule has 1 heterocycles. The lowest BCUT2D eigenvalue weighted by Gasteiger charge is -2.34. The number of carbonyl (C=O) groups is 1.